The summed E-state index contributed by atoms with van der Waals surface area (Å²) in [6.07, 6.45) is 4.00. The Kier molecular flexibility index (Phi) is 2.54. The van der Waals surface area contributed by atoms with E-state index in [0.717, 1.165) is 25.0 Å². The van der Waals surface area contributed by atoms with Crippen LogP contribution < -0.4 is 5.32 Å². The van der Waals surface area contributed by atoms with Gasteiger partial charge in [-0.3, -0.25) is 9.69 Å². The average molecular weight is 182 g/mol. The highest BCUT2D eigenvalue weighted by molar-refractivity contribution is 5.78. The predicted octanol–water partition coefficient (Wildman–Crippen LogP) is 0.607. The molecule has 0 radical (unpaired) electrons. The Balaban J connectivity index is 1.77. The van der Waals surface area contributed by atoms with E-state index in [-0.39, 0.29) is 5.91 Å². The van der Waals surface area contributed by atoms with Crippen LogP contribution in [0.25, 0.3) is 0 Å². The van der Waals surface area contributed by atoms with E-state index >= 15 is 0 Å². The van der Waals surface area contributed by atoms with Crippen LogP contribution in [0.2, 0.25) is 0 Å². The number of nitrogens with one attached hydrogen (secondary N) is 1. The molecule has 13 heavy (non-hydrogen) atoms. The van der Waals surface area contributed by atoms with Gasteiger partial charge < -0.3 is 5.32 Å². The summed E-state index contributed by atoms with van der Waals surface area (Å²) in [5.41, 5.74) is 0. The molecule has 0 aromatic carbocycles. The standard InChI is InChI=1S/C10H18N2O/c1-2-11-10(13)7-12-5-3-4-8-6-9(8)12/h8-9H,2-7H2,1H3,(H,11,13)/t8-,9+/m1/s1. The van der Waals surface area contributed by atoms with Gasteiger partial charge in [0.15, 0.2) is 0 Å². The third-order valence-electron chi connectivity index (χ3n) is 3.10. The van der Waals surface area contributed by atoms with E-state index in [2.05, 4.69) is 10.2 Å². The number of nitrogens with zero attached hydrogens (tertiary/aromatic N) is 1. The number of carbonyl (C=O) groups is 1. The van der Waals surface area contributed by atoms with Crippen molar-refractivity contribution in [1.82, 2.24) is 10.2 Å². The van der Waals surface area contributed by atoms with Gasteiger partial charge in [0.2, 0.25) is 5.91 Å². The number of amides is 1. The van der Waals surface area contributed by atoms with Gasteiger partial charge in [-0.1, -0.05) is 0 Å². The van der Waals surface area contributed by atoms with Gasteiger partial charge in [-0.15, -0.1) is 0 Å². The largest absolute Gasteiger partial charge is 0.355 e. The second-order valence-corrected chi connectivity index (χ2v) is 4.13. The van der Waals surface area contributed by atoms with Crippen LogP contribution in [0.4, 0.5) is 0 Å². The molecule has 2 rings (SSSR count). The molecule has 1 heterocycles. The topological polar surface area (TPSA) is 32.3 Å². The third kappa shape index (κ3) is 2.02. The molecule has 3 nitrogen and oxygen atoms in total. The van der Waals surface area contributed by atoms with Crippen LogP contribution in [0.5, 0.6) is 0 Å². The zero-order valence-corrected chi connectivity index (χ0v) is 8.25. The first-order valence-electron chi connectivity index (χ1n) is 5.32. The quantitative estimate of drug-likeness (QED) is 0.693. The number of likely N-dealkylation sites (tertiary alicyclic amines) is 1. The molecule has 1 N–H and O–H groups in total. The first-order valence-corrected chi connectivity index (χ1v) is 5.32. The van der Waals surface area contributed by atoms with Crippen LogP contribution in [-0.4, -0.2) is 36.5 Å². The lowest BCUT2D eigenvalue weighted by molar-refractivity contribution is -0.122. The summed E-state index contributed by atoms with van der Waals surface area (Å²) in [4.78, 5) is 13.7. The van der Waals surface area contributed by atoms with Gasteiger partial charge in [0.1, 0.15) is 0 Å². The molecule has 0 spiro atoms. The fourth-order valence-electron chi connectivity index (χ4n) is 2.35. The van der Waals surface area contributed by atoms with Crippen molar-refractivity contribution in [3.05, 3.63) is 0 Å². The van der Waals surface area contributed by atoms with Crippen molar-refractivity contribution in [2.24, 2.45) is 5.92 Å². The summed E-state index contributed by atoms with van der Waals surface area (Å²) in [7, 11) is 0. The van der Waals surface area contributed by atoms with E-state index in [9.17, 15) is 4.79 Å². The summed E-state index contributed by atoms with van der Waals surface area (Å²) in [5.74, 6) is 1.11. The van der Waals surface area contributed by atoms with E-state index in [1.165, 1.54) is 19.3 Å². The van der Waals surface area contributed by atoms with E-state index < -0.39 is 0 Å². The average Bonchev–Trinajstić information content (AvgIpc) is 2.84. The Hall–Kier alpha value is -0.570. The number of hydrogen-bond acceptors (Lipinski definition) is 2. The number of carbonyl (C=O) groups excluding carboxylic acids is 1. The van der Waals surface area contributed by atoms with Gasteiger partial charge >= 0.3 is 0 Å². The molecule has 2 fully saturated rings. The van der Waals surface area contributed by atoms with Crippen LogP contribution in [-0.2, 0) is 4.79 Å². The van der Waals surface area contributed by atoms with Crippen molar-refractivity contribution in [2.75, 3.05) is 19.6 Å². The maximum Gasteiger partial charge on any atom is 0.234 e. The van der Waals surface area contributed by atoms with Crippen molar-refractivity contribution in [3.63, 3.8) is 0 Å². The molecule has 3 heteroatoms. The Bertz CT molecular complexity index is 205. The van der Waals surface area contributed by atoms with Crippen LogP contribution in [0.1, 0.15) is 26.2 Å². The molecular formula is C10H18N2O. The highest BCUT2D eigenvalue weighted by Crippen LogP contribution is 2.42. The Morgan fingerprint density at radius 1 is 1.62 bits per heavy atom. The highest BCUT2D eigenvalue weighted by atomic mass is 16.2. The van der Waals surface area contributed by atoms with Crippen LogP contribution in [0.15, 0.2) is 0 Å². The Morgan fingerprint density at radius 2 is 2.46 bits per heavy atom. The molecule has 2 atom stereocenters. The van der Waals surface area contributed by atoms with Crippen LogP contribution in [0, 0.1) is 5.92 Å². The monoisotopic (exact) mass is 182 g/mol. The molecular weight excluding hydrogens is 164 g/mol. The lowest BCUT2D eigenvalue weighted by Gasteiger charge is -2.25. The summed E-state index contributed by atoms with van der Waals surface area (Å²) < 4.78 is 0. The predicted molar refractivity (Wildman–Crippen MR) is 51.4 cm³/mol. The second-order valence-electron chi connectivity index (χ2n) is 4.13. The van der Waals surface area contributed by atoms with Gasteiger partial charge in [-0.2, -0.15) is 0 Å². The molecule has 1 aliphatic carbocycles. The molecule has 1 saturated heterocycles. The van der Waals surface area contributed by atoms with Crippen LogP contribution >= 0.6 is 0 Å². The molecule has 2 aliphatic rings. The van der Waals surface area contributed by atoms with Crippen molar-refractivity contribution in [2.45, 2.75) is 32.2 Å². The molecule has 0 aromatic rings. The maximum atomic E-state index is 11.3. The van der Waals surface area contributed by atoms with Crippen LogP contribution in [0.3, 0.4) is 0 Å². The molecule has 1 amide bonds. The smallest absolute Gasteiger partial charge is 0.234 e. The molecule has 1 saturated carbocycles. The highest BCUT2D eigenvalue weighted by Gasteiger charge is 2.44. The minimum absolute atomic E-state index is 0.190. The minimum Gasteiger partial charge on any atom is -0.355 e. The van der Waals surface area contributed by atoms with E-state index in [1.807, 2.05) is 6.92 Å². The summed E-state index contributed by atoms with van der Waals surface area (Å²) in [6.45, 7) is 4.46. The summed E-state index contributed by atoms with van der Waals surface area (Å²) >= 11 is 0. The number of rotatable bonds is 3. The van der Waals surface area contributed by atoms with E-state index in [0.29, 0.717) is 6.54 Å². The molecule has 0 aromatic heterocycles. The second kappa shape index (κ2) is 3.66. The number of likely N-dealkylation sites (N-methyl/N-ethyl adjacent to an activating group) is 1. The fraction of sp³-hybridized carbons (Fsp3) is 0.900. The Morgan fingerprint density at radius 3 is 3.23 bits per heavy atom. The minimum atomic E-state index is 0.190. The third-order valence-corrected chi connectivity index (χ3v) is 3.10. The summed E-state index contributed by atoms with van der Waals surface area (Å²) in [5, 5.41) is 2.85. The van der Waals surface area contributed by atoms with Crippen molar-refractivity contribution >= 4 is 5.91 Å². The van der Waals surface area contributed by atoms with Gasteiger partial charge in [0, 0.05) is 12.6 Å². The lowest BCUT2D eigenvalue weighted by Crippen LogP contribution is -2.40. The Labute approximate surface area is 79.5 Å². The fourth-order valence-corrected chi connectivity index (χ4v) is 2.35. The zero-order chi connectivity index (χ0) is 9.26. The van der Waals surface area contributed by atoms with Crippen molar-refractivity contribution in [3.8, 4) is 0 Å². The van der Waals surface area contributed by atoms with Gasteiger partial charge in [-0.25, -0.2) is 0 Å². The normalized spacial score (nSPS) is 32.4. The van der Waals surface area contributed by atoms with Crippen molar-refractivity contribution in [1.29, 1.82) is 0 Å². The van der Waals surface area contributed by atoms with Gasteiger partial charge in [-0.05, 0) is 38.6 Å². The molecule has 1 aliphatic heterocycles. The first kappa shape index (κ1) is 9.00. The number of fused-ring (bicyclic) bond motifs is 1. The SMILES string of the molecule is CCNC(=O)CN1CCC[C@@H]2C[C@@H]21. The lowest BCUT2D eigenvalue weighted by atomic mass is 10.1. The van der Waals surface area contributed by atoms with Gasteiger partial charge in [0.25, 0.3) is 0 Å². The van der Waals surface area contributed by atoms with E-state index in [1.54, 1.807) is 0 Å². The molecule has 0 bridgehead atoms. The first-order chi connectivity index (χ1) is 6.31. The van der Waals surface area contributed by atoms with Gasteiger partial charge in [0.05, 0.1) is 6.54 Å². The number of piperidine rings is 1. The molecule has 74 valence electrons. The number of hydrogen-bond donors (Lipinski definition) is 1. The van der Waals surface area contributed by atoms with Crippen molar-refractivity contribution < 1.29 is 4.79 Å². The maximum absolute atomic E-state index is 11.3. The molecule has 0 unspecified atom stereocenters. The zero-order valence-electron chi connectivity index (χ0n) is 8.25. The summed E-state index contributed by atoms with van der Waals surface area (Å²) in [6, 6.07) is 0.747. The van der Waals surface area contributed by atoms with E-state index in [4.69, 9.17) is 0 Å².